The van der Waals surface area contributed by atoms with Gasteiger partial charge in [0, 0.05) is 18.2 Å². The first-order valence-electron chi connectivity index (χ1n) is 5.69. The van der Waals surface area contributed by atoms with Crippen molar-refractivity contribution in [2.45, 2.75) is 32.4 Å². The van der Waals surface area contributed by atoms with E-state index < -0.39 is 0 Å². The van der Waals surface area contributed by atoms with Crippen molar-refractivity contribution < 1.29 is 14.2 Å². The minimum Gasteiger partial charge on any atom is -0.453 e. The average molecular weight is 237 g/mol. The number of nitrogens with two attached hydrogens (primary N) is 1. The van der Waals surface area contributed by atoms with Crippen LogP contribution in [-0.2, 0) is 17.8 Å². The number of fused-ring (bicyclic) bond motifs is 1. The van der Waals surface area contributed by atoms with Gasteiger partial charge in [-0.1, -0.05) is 12.1 Å². The molecule has 0 saturated heterocycles. The van der Waals surface area contributed by atoms with E-state index in [9.17, 15) is 0 Å². The van der Waals surface area contributed by atoms with Gasteiger partial charge in [-0.3, -0.25) is 0 Å². The van der Waals surface area contributed by atoms with Crippen LogP contribution in [0.15, 0.2) is 12.1 Å². The Morgan fingerprint density at radius 3 is 2.41 bits per heavy atom. The molecule has 0 bridgehead atoms. The molecule has 2 N–H and O–H groups in total. The summed E-state index contributed by atoms with van der Waals surface area (Å²) in [5.41, 5.74) is 7.88. The topological polar surface area (TPSA) is 53.7 Å². The molecule has 2 rings (SSSR count). The largest absolute Gasteiger partial charge is 0.453 e. The van der Waals surface area contributed by atoms with Crippen LogP contribution < -0.4 is 15.2 Å². The Kier molecular flexibility index (Phi) is 3.26. The minimum absolute atomic E-state index is 0.261. The van der Waals surface area contributed by atoms with Crippen LogP contribution in [-0.4, -0.2) is 19.4 Å². The molecule has 0 radical (unpaired) electrons. The summed E-state index contributed by atoms with van der Waals surface area (Å²) < 4.78 is 16.2. The van der Waals surface area contributed by atoms with Crippen LogP contribution in [0.25, 0.3) is 0 Å². The second-order valence-electron chi connectivity index (χ2n) is 5.05. The van der Waals surface area contributed by atoms with Crippen LogP contribution in [0.1, 0.15) is 25.0 Å². The van der Waals surface area contributed by atoms with Crippen LogP contribution in [0.4, 0.5) is 0 Å². The third-order valence-corrected chi connectivity index (χ3v) is 2.63. The Balaban J connectivity index is 2.34. The minimum atomic E-state index is -0.261. The molecule has 0 unspecified atom stereocenters. The number of ether oxygens (including phenoxy) is 3. The molecule has 0 atom stereocenters. The van der Waals surface area contributed by atoms with Gasteiger partial charge in [0.2, 0.25) is 6.79 Å². The summed E-state index contributed by atoms with van der Waals surface area (Å²) in [5, 5.41) is 0. The maximum Gasteiger partial charge on any atom is 0.231 e. The molecule has 1 aliphatic heterocycles. The molecule has 1 aromatic rings. The highest BCUT2D eigenvalue weighted by Gasteiger charge is 2.24. The lowest BCUT2D eigenvalue weighted by molar-refractivity contribution is 0.162. The normalized spacial score (nSPS) is 14.1. The summed E-state index contributed by atoms with van der Waals surface area (Å²) >= 11 is 0. The number of rotatable bonds is 4. The van der Waals surface area contributed by atoms with Gasteiger partial charge < -0.3 is 19.9 Å². The van der Waals surface area contributed by atoms with Crippen LogP contribution >= 0.6 is 0 Å². The second-order valence-corrected chi connectivity index (χ2v) is 5.05. The van der Waals surface area contributed by atoms with Gasteiger partial charge in [0.1, 0.15) is 0 Å². The quantitative estimate of drug-likeness (QED) is 0.868. The van der Waals surface area contributed by atoms with E-state index in [4.69, 9.17) is 19.9 Å². The Morgan fingerprint density at radius 1 is 1.24 bits per heavy atom. The molecule has 0 amide bonds. The van der Waals surface area contributed by atoms with Gasteiger partial charge in [-0.2, -0.15) is 0 Å². The fraction of sp³-hybridized carbons (Fsp3) is 0.538. The monoisotopic (exact) mass is 237 g/mol. The summed E-state index contributed by atoms with van der Waals surface area (Å²) in [6.07, 6.45) is 0.756. The average Bonchev–Trinajstić information content (AvgIpc) is 2.69. The molecule has 17 heavy (non-hydrogen) atoms. The Labute approximate surface area is 102 Å². The van der Waals surface area contributed by atoms with Crippen molar-refractivity contribution >= 4 is 0 Å². The highest BCUT2D eigenvalue weighted by molar-refractivity contribution is 5.53. The molecule has 0 fully saturated rings. The molecule has 4 nitrogen and oxygen atoms in total. The van der Waals surface area contributed by atoms with Crippen molar-refractivity contribution in [2.75, 3.05) is 13.9 Å². The number of hydrogen-bond acceptors (Lipinski definition) is 4. The fourth-order valence-electron chi connectivity index (χ4n) is 2.01. The van der Waals surface area contributed by atoms with E-state index in [1.54, 1.807) is 7.11 Å². The van der Waals surface area contributed by atoms with E-state index in [2.05, 4.69) is 0 Å². The van der Waals surface area contributed by atoms with E-state index in [0.29, 0.717) is 6.61 Å². The van der Waals surface area contributed by atoms with Crippen molar-refractivity contribution in [3.05, 3.63) is 23.3 Å². The van der Waals surface area contributed by atoms with Crippen molar-refractivity contribution in [3.8, 4) is 11.5 Å². The SMILES string of the molecule is COCc1ccc(CC(C)(C)N)c2c1OCO2. The molecule has 1 heterocycles. The third-order valence-electron chi connectivity index (χ3n) is 2.63. The van der Waals surface area contributed by atoms with Gasteiger partial charge in [-0.15, -0.1) is 0 Å². The van der Waals surface area contributed by atoms with Gasteiger partial charge in [0.15, 0.2) is 11.5 Å². The molecule has 0 spiro atoms. The zero-order valence-electron chi connectivity index (χ0n) is 10.6. The van der Waals surface area contributed by atoms with Crippen LogP contribution in [0, 0.1) is 0 Å². The van der Waals surface area contributed by atoms with Gasteiger partial charge >= 0.3 is 0 Å². The number of hydrogen-bond donors (Lipinski definition) is 1. The molecule has 0 aliphatic carbocycles. The molecular weight excluding hydrogens is 218 g/mol. The Hall–Kier alpha value is -1.26. The standard InChI is InChI=1S/C13H19NO3/c1-13(2,14)6-9-4-5-10(7-15-3)12-11(9)16-8-17-12/h4-5H,6-8,14H2,1-3H3. The molecule has 0 saturated carbocycles. The first-order valence-corrected chi connectivity index (χ1v) is 5.69. The summed E-state index contributed by atoms with van der Waals surface area (Å²) in [6, 6.07) is 4.05. The van der Waals surface area contributed by atoms with Crippen molar-refractivity contribution in [1.29, 1.82) is 0 Å². The van der Waals surface area contributed by atoms with Crippen molar-refractivity contribution in [3.63, 3.8) is 0 Å². The molecule has 1 aromatic carbocycles. The van der Waals surface area contributed by atoms with E-state index in [1.165, 1.54) is 0 Å². The lowest BCUT2D eigenvalue weighted by Gasteiger charge is -2.19. The summed E-state index contributed by atoms with van der Waals surface area (Å²) in [6.45, 7) is 4.79. The molecule has 94 valence electrons. The zero-order valence-corrected chi connectivity index (χ0v) is 10.6. The highest BCUT2D eigenvalue weighted by atomic mass is 16.7. The van der Waals surface area contributed by atoms with E-state index in [0.717, 1.165) is 29.0 Å². The van der Waals surface area contributed by atoms with Crippen molar-refractivity contribution in [2.24, 2.45) is 5.73 Å². The highest BCUT2D eigenvalue weighted by Crippen LogP contribution is 2.40. The van der Waals surface area contributed by atoms with Crippen LogP contribution in [0.3, 0.4) is 0 Å². The first-order chi connectivity index (χ1) is 8.01. The lowest BCUT2D eigenvalue weighted by atomic mass is 9.94. The first kappa shape index (κ1) is 12.2. The van der Waals surface area contributed by atoms with E-state index in [1.807, 2.05) is 26.0 Å². The second kappa shape index (κ2) is 4.55. The summed E-state index contributed by atoms with van der Waals surface area (Å²) in [7, 11) is 1.67. The number of benzene rings is 1. The van der Waals surface area contributed by atoms with Crippen molar-refractivity contribution in [1.82, 2.24) is 0 Å². The Bertz CT molecular complexity index is 410. The van der Waals surface area contributed by atoms with Gasteiger partial charge in [0.05, 0.1) is 6.61 Å². The lowest BCUT2D eigenvalue weighted by Crippen LogP contribution is -2.34. The summed E-state index contributed by atoms with van der Waals surface area (Å²) in [5.74, 6) is 1.62. The maximum absolute atomic E-state index is 6.04. The van der Waals surface area contributed by atoms with Crippen LogP contribution in [0.2, 0.25) is 0 Å². The summed E-state index contributed by atoms with van der Waals surface area (Å²) in [4.78, 5) is 0. The predicted molar refractivity (Wildman–Crippen MR) is 65.2 cm³/mol. The van der Waals surface area contributed by atoms with E-state index in [-0.39, 0.29) is 12.3 Å². The molecular formula is C13H19NO3. The molecule has 0 aromatic heterocycles. The van der Waals surface area contributed by atoms with Crippen LogP contribution in [0.5, 0.6) is 11.5 Å². The third kappa shape index (κ3) is 2.70. The van der Waals surface area contributed by atoms with Gasteiger partial charge in [-0.05, 0) is 25.8 Å². The zero-order chi connectivity index (χ0) is 12.5. The fourth-order valence-corrected chi connectivity index (χ4v) is 2.01. The molecule has 1 aliphatic rings. The van der Waals surface area contributed by atoms with E-state index >= 15 is 0 Å². The van der Waals surface area contributed by atoms with Gasteiger partial charge in [0.25, 0.3) is 0 Å². The smallest absolute Gasteiger partial charge is 0.231 e. The molecule has 4 heteroatoms. The maximum atomic E-state index is 6.04. The Morgan fingerprint density at radius 2 is 1.82 bits per heavy atom. The predicted octanol–water partition coefficient (Wildman–Crippen LogP) is 1.84. The number of methoxy groups -OCH3 is 1. The van der Waals surface area contributed by atoms with Gasteiger partial charge in [-0.25, -0.2) is 0 Å².